The molecule has 2 fully saturated rings. The van der Waals surface area contributed by atoms with Crippen molar-refractivity contribution in [3.8, 4) is 5.75 Å². The molecule has 0 radical (unpaired) electrons. The molecule has 144 valence electrons. The van der Waals surface area contributed by atoms with Crippen molar-refractivity contribution in [2.45, 2.75) is 38.9 Å². The SMILES string of the molecule is COc1ccccc1N1CCN(C(=O)NCC2CC(C)OC(C)C2)CC1. The molecule has 0 saturated carbocycles. The lowest BCUT2D eigenvalue weighted by Crippen LogP contribution is -2.52. The van der Waals surface area contributed by atoms with E-state index in [4.69, 9.17) is 9.47 Å². The Labute approximate surface area is 156 Å². The number of carbonyl (C=O) groups excluding carboxylic acids is 1. The van der Waals surface area contributed by atoms with Crippen LogP contribution >= 0.6 is 0 Å². The third-order valence-electron chi connectivity index (χ3n) is 5.33. The fraction of sp³-hybridized carbons (Fsp3) is 0.650. The molecule has 2 saturated heterocycles. The van der Waals surface area contributed by atoms with Gasteiger partial charge in [-0.1, -0.05) is 12.1 Å². The lowest BCUT2D eigenvalue weighted by molar-refractivity contribution is -0.0512. The Balaban J connectivity index is 1.46. The van der Waals surface area contributed by atoms with Crippen LogP contribution in [0.2, 0.25) is 0 Å². The lowest BCUT2D eigenvalue weighted by Gasteiger charge is -2.37. The van der Waals surface area contributed by atoms with Crippen molar-refractivity contribution >= 4 is 11.7 Å². The van der Waals surface area contributed by atoms with Gasteiger partial charge in [0.15, 0.2) is 0 Å². The number of hydrogen-bond acceptors (Lipinski definition) is 4. The molecule has 1 aromatic carbocycles. The summed E-state index contributed by atoms with van der Waals surface area (Å²) in [7, 11) is 1.69. The molecule has 0 spiro atoms. The van der Waals surface area contributed by atoms with Crippen LogP contribution in [-0.4, -0.2) is 63.0 Å². The first-order valence-electron chi connectivity index (χ1n) is 9.63. The van der Waals surface area contributed by atoms with Crippen LogP contribution in [0.3, 0.4) is 0 Å². The minimum Gasteiger partial charge on any atom is -0.495 e. The Morgan fingerprint density at radius 2 is 1.81 bits per heavy atom. The molecule has 1 N–H and O–H groups in total. The number of ether oxygens (including phenoxy) is 2. The molecule has 2 amide bonds. The number of methoxy groups -OCH3 is 1. The van der Waals surface area contributed by atoms with Gasteiger partial charge in [-0.15, -0.1) is 0 Å². The number of hydrogen-bond donors (Lipinski definition) is 1. The Morgan fingerprint density at radius 3 is 2.46 bits per heavy atom. The van der Waals surface area contributed by atoms with Crippen LogP contribution in [-0.2, 0) is 4.74 Å². The zero-order valence-electron chi connectivity index (χ0n) is 16.1. The molecule has 2 aliphatic heterocycles. The summed E-state index contributed by atoms with van der Waals surface area (Å²) in [5.74, 6) is 1.39. The molecule has 0 aromatic heterocycles. The number of benzene rings is 1. The number of anilines is 1. The zero-order valence-corrected chi connectivity index (χ0v) is 16.1. The molecule has 0 aliphatic carbocycles. The predicted molar refractivity (Wildman–Crippen MR) is 103 cm³/mol. The van der Waals surface area contributed by atoms with E-state index in [1.54, 1.807) is 7.11 Å². The summed E-state index contributed by atoms with van der Waals surface area (Å²) < 4.78 is 11.2. The van der Waals surface area contributed by atoms with Crippen molar-refractivity contribution in [2.24, 2.45) is 5.92 Å². The van der Waals surface area contributed by atoms with Crippen LogP contribution in [0.25, 0.3) is 0 Å². The van der Waals surface area contributed by atoms with Gasteiger partial charge in [-0.2, -0.15) is 0 Å². The van der Waals surface area contributed by atoms with Crippen LogP contribution in [0.15, 0.2) is 24.3 Å². The second kappa shape index (κ2) is 8.62. The standard InChI is InChI=1S/C20H31N3O3/c1-15-12-17(13-16(2)26-15)14-21-20(24)23-10-8-22(9-11-23)18-6-4-5-7-19(18)25-3/h4-7,15-17H,8-14H2,1-3H3,(H,21,24). The minimum absolute atomic E-state index is 0.0523. The summed E-state index contributed by atoms with van der Waals surface area (Å²) in [5.41, 5.74) is 1.10. The van der Waals surface area contributed by atoms with Gasteiger partial charge in [0.25, 0.3) is 0 Å². The van der Waals surface area contributed by atoms with E-state index < -0.39 is 0 Å². The Morgan fingerprint density at radius 1 is 1.15 bits per heavy atom. The summed E-state index contributed by atoms with van der Waals surface area (Å²) in [4.78, 5) is 16.7. The third-order valence-corrected chi connectivity index (χ3v) is 5.33. The Kier molecular flexibility index (Phi) is 6.25. The topological polar surface area (TPSA) is 54.0 Å². The van der Waals surface area contributed by atoms with E-state index in [9.17, 15) is 4.79 Å². The summed E-state index contributed by atoms with van der Waals surface area (Å²) in [6.07, 6.45) is 2.60. The van der Waals surface area contributed by atoms with E-state index >= 15 is 0 Å². The van der Waals surface area contributed by atoms with Crippen molar-refractivity contribution in [3.05, 3.63) is 24.3 Å². The smallest absolute Gasteiger partial charge is 0.317 e. The summed E-state index contributed by atoms with van der Waals surface area (Å²) in [6.45, 7) is 8.06. The lowest BCUT2D eigenvalue weighted by atomic mass is 9.92. The highest BCUT2D eigenvalue weighted by Gasteiger charge is 2.26. The molecular weight excluding hydrogens is 330 g/mol. The zero-order chi connectivity index (χ0) is 18.5. The highest BCUT2D eigenvalue weighted by molar-refractivity contribution is 5.74. The van der Waals surface area contributed by atoms with Gasteiger partial charge in [0, 0.05) is 32.7 Å². The molecule has 1 aromatic rings. The fourth-order valence-electron chi connectivity index (χ4n) is 4.09. The largest absolute Gasteiger partial charge is 0.495 e. The van der Waals surface area contributed by atoms with Gasteiger partial charge in [-0.25, -0.2) is 4.79 Å². The Hall–Kier alpha value is -1.95. The number of rotatable bonds is 4. The maximum atomic E-state index is 12.5. The quantitative estimate of drug-likeness (QED) is 0.896. The maximum Gasteiger partial charge on any atom is 0.317 e. The van der Waals surface area contributed by atoms with Crippen molar-refractivity contribution in [3.63, 3.8) is 0 Å². The molecule has 2 aliphatic rings. The monoisotopic (exact) mass is 361 g/mol. The second-order valence-corrected chi connectivity index (χ2v) is 7.43. The highest BCUT2D eigenvalue weighted by Crippen LogP contribution is 2.28. The third kappa shape index (κ3) is 4.61. The molecule has 6 nitrogen and oxygen atoms in total. The van der Waals surface area contributed by atoms with Gasteiger partial charge >= 0.3 is 6.03 Å². The van der Waals surface area contributed by atoms with Gasteiger partial charge < -0.3 is 24.6 Å². The summed E-state index contributed by atoms with van der Waals surface area (Å²) in [5, 5.41) is 3.13. The molecular formula is C20H31N3O3. The molecule has 2 heterocycles. The number of nitrogens with one attached hydrogen (secondary N) is 1. The average molecular weight is 361 g/mol. The van der Waals surface area contributed by atoms with Crippen molar-refractivity contribution in [1.82, 2.24) is 10.2 Å². The van der Waals surface area contributed by atoms with Crippen LogP contribution < -0.4 is 15.0 Å². The molecule has 26 heavy (non-hydrogen) atoms. The van der Waals surface area contributed by atoms with Crippen LogP contribution in [0.1, 0.15) is 26.7 Å². The number of carbonyl (C=O) groups is 1. The van der Waals surface area contributed by atoms with E-state index in [2.05, 4.69) is 30.1 Å². The van der Waals surface area contributed by atoms with Gasteiger partial charge in [-0.3, -0.25) is 0 Å². The number of amides is 2. The molecule has 6 heteroatoms. The summed E-state index contributed by atoms with van der Waals surface area (Å²) >= 11 is 0. The first kappa shape index (κ1) is 18.8. The van der Waals surface area contributed by atoms with Gasteiger partial charge in [0.05, 0.1) is 25.0 Å². The molecule has 3 rings (SSSR count). The number of urea groups is 1. The second-order valence-electron chi connectivity index (χ2n) is 7.43. The maximum absolute atomic E-state index is 12.5. The highest BCUT2D eigenvalue weighted by atomic mass is 16.5. The van der Waals surface area contributed by atoms with E-state index in [1.165, 1.54) is 0 Å². The first-order chi connectivity index (χ1) is 12.6. The van der Waals surface area contributed by atoms with Crippen molar-refractivity contribution in [2.75, 3.05) is 44.7 Å². The Bertz CT molecular complexity index is 592. The van der Waals surface area contributed by atoms with Gasteiger partial charge in [-0.05, 0) is 44.7 Å². The summed E-state index contributed by atoms with van der Waals surface area (Å²) in [6, 6.07) is 8.10. The van der Waals surface area contributed by atoms with Crippen LogP contribution in [0, 0.1) is 5.92 Å². The number of nitrogens with zero attached hydrogens (tertiary/aromatic N) is 2. The normalized spacial score (nSPS) is 26.5. The first-order valence-corrected chi connectivity index (χ1v) is 9.63. The van der Waals surface area contributed by atoms with E-state index in [0.717, 1.165) is 57.0 Å². The molecule has 0 bridgehead atoms. The van der Waals surface area contributed by atoms with E-state index in [0.29, 0.717) is 5.92 Å². The number of piperazine rings is 1. The van der Waals surface area contributed by atoms with Gasteiger partial charge in [0.2, 0.25) is 0 Å². The van der Waals surface area contributed by atoms with Crippen LogP contribution in [0.4, 0.5) is 10.5 Å². The molecule has 2 atom stereocenters. The number of para-hydroxylation sites is 2. The van der Waals surface area contributed by atoms with E-state index in [1.807, 2.05) is 23.1 Å². The van der Waals surface area contributed by atoms with Gasteiger partial charge in [0.1, 0.15) is 5.75 Å². The minimum atomic E-state index is 0.0523. The average Bonchev–Trinajstić information content (AvgIpc) is 2.65. The van der Waals surface area contributed by atoms with Crippen molar-refractivity contribution in [1.29, 1.82) is 0 Å². The van der Waals surface area contributed by atoms with E-state index in [-0.39, 0.29) is 18.2 Å². The van der Waals surface area contributed by atoms with Crippen LogP contribution in [0.5, 0.6) is 5.75 Å². The molecule has 2 unspecified atom stereocenters. The predicted octanol–water partition coefficient (Wildman–Crippen LogP) is 2.73. The van der Waals surface area contributed by atoms with Crippen molar-refractivity contribution < 1.29 is 14.3 Å². The fourth-order valence-corrected chi connectivity index (χ4v) is 4.09.